The molecule has 0 amide bonds. The summed E-state index contributed by atoms with van der Waals surface area (Å²) in [7, 11) is 2.14. The Morgan fingerprint density at radius 1 is 1.47 bits per heavy atom. The number of nitrogens with zero attached hydrogens (tertiary/aromatic N) is 2. The van der Waals surface area contributed by atoms with Crippen molar-refractivity contribution >= 4 is 28.2 Å². The van der Waals surface area contributed by atoms with Crippen LogP contribution in [0.3, 0.4) is 0 Å². The van der Waals surface area contributed by atoms with Gasteiger partial charge in [0.15, 0.2) is 0 Å². The Morgan fingerprint density at radius 2 is 2.35 bits per heavy atom. The van der Waals surface area contributed by atoms with E-state index in [1.165, 1.54) is 11.1 Å². The van der Waals surface area contributed by atoms with Gasteiger partial charge in [-0.3, -0.25) is 0 Å². The number of hydrogen-bond acceptors (Lipinski definition) is 2. The van der Waals surface area contributed by atoms with E-state index in [1.807, 2.05) is 12.3 Å². The van der Waals surface area contributed by atoms with Crippen molar-refractivity contribution in [2.45, 2.75) is 6.42 Å². The van der Waals surface area contributed by atoms with Crippen LogP contribution in [0.25, 0.3) is 16.6 Å². The van der Waals surface area contributed by atoms with Gasteiger partial charge in [-0.05, 0) is 25.1 Å². The molecule has 3 nitrogen and oxygen atoms in total. The van der Waals surface area contributed by atoms with Crippen LogP contribution in [-0.4, -0.2) is 35.0 Å². The minimum absolute atomic E-state index is 0.764. The number of pyridine rings is 1. The summed E-state index contributed by atoms with van der Waals surface area (Å²) in [6.07, 6.45) is 7.13. The first-order chi connectivity index (χ1) is 8.25. The van der Waals surface area contributed by atoms with Crippen molar-refractivity contribution < 1.29 is 0 Å². The molecule has 88 valence electrons. The standard InChI is InChI=1S/C13H14ClN3/c1-17-6-2-3-9(8-17)10-7-16-13-12(10)11(14)4-5-15-13/h3-5,7H,2,6,8H2,1H3,(H,15,16). The Balaban J connectivity index is 2.15. The van der Waals surface area contributed by atoms with E-state index < -0.39 is 0 Å². The third-order valence-corrected chi connectivity index (χ3v) is 3.53. The second-order valence-corrected chi connectivity index (χ2v) is 4.88. The van der Waals surface area contributed by atoms with E-state index in [-0.39, 0.29) is 0 Å². The second kappa shape index (κ2) is 4.17. The summed E-state index contributed by atoms with van der Waals surface area (Å²) in [6.45, 7) is 2.09. The molecule has 3 rings (SSSR count). The summed E-state index contributed by atoms with van der Waals surface area (Å²) >= 11 is 6.26. The molecule has 0 atom stereocenters. The number of hydrogen-bond donors (Lipinski definition) is 1. The van der Waals surface area contributed by atoms with Gasteiger partial charge in [-0.2, -0.15) is 0 Å². The molecule has 1 aliphatic rings. The van der Waals surface area contributed by atoms with Gasteiger partial charge in [0, 0.05) is 36.4 Å². The van der Waals surface area contributed by atoms with E-state index in [0.717, 1.165) is 35.6 Å². The second-order valence-electron chi connectivity index (χ2n) is 4.47. The summed E-state index contributed by atoms with van der Waals surface area (Å²) in [5.74, 6) is 0. The van der Waals surface area contributed by atoms with Crippen molar-refractivity contribution in [3.8, 4) is 0 Å². The minimum Gasteiger partial charge on any atom is -0.345 e. The smallest absolute Gasteiger partial charge is 0.139 e. The van der Waals surface area contributed by atoms with Crippen LogP contribution in [0.5, 0.6) is 0 Å². The summed E-state index contributed by atoms with van der Waals surface area (Å²) in [5, 5.41) is 1.80. The molecule has 0 unspecified atom stereocenters. The lowest BCUT2D eigenvalue weighted by Gasteiger charge is -2.22. The van der Waals surface area contributed by atoms with E-state index in [4.69, 9.17) is 11.6 Å². The average Bonchev–Trinajstić information content (AvgIpc) is 2.74. The van der Waals surface area contributed by atoms with E-state index in [1.54, 1.807) is 6.20 Å². The molecule has 3 heterocycles. The monoisotopic (exact) mass is 247 g/mol. The normalized spacial score (nSPS) is 17.4. The van der Waals surface area contributed by atoms with Crippen LogP contribution >= 0.6 is 11.6 Å². The van der Waals surface area contributed by atoms with Gasteiger partial charge in [0.05, 0.1) is 5.02 Å². The molecule has 1 aliphatic heterocycles. The zero-order chi connectivity index (χ0) is 11.8. The molecule has 1 N–H and O–H groups in total. The van der Waals surface area contributed by atoms with Gasteiger partial charge in [-0.25, -0.2) is 4.98 Å². The van der Waals surface area contributed by atoms with Gasteiger partial charge in [0.2, 0.25) is 0 Å². The Kier molecular flexibility index (Phi) is 2.65. The van der Waals surface area contributed by atoms with E-state index in [2.05, 4.69) is 28.0 Å². The van der Waals surface area contributed by atoms with Crippen LogP contribution < -0.4 is 0 Å². The van der Waals surface area contributed by atoms with Crippen molar-refractivity contribution in [1.82, 2.24) is 14.9 Å². The molecule has 0 fully saturated rings. The molecule has 4 heteroatoms. The van der Waals surface area contributed by atoms with Gasteiger partial charge >= 0.3 is 0 Å². The number of likely N-dealkylation sites (N-methyl/N-ethyl adjacent to an activating group) is 1. The maximum Gasteiger partial charge on any atom is 0.139 e. The van der Waals surface area contributed by atoms with Gasteiger partial charge in [0.1, 0.15) is 5.65 Å². The van der Waals surface area contributed by atoms with E-state index in [0.29, 0.717) is 0 Å². The SMILES string of the molecule is CN1CCC=C(c2c[nH]c3nccc(Cl)c23)C1. The lowest BCUT2D eigenvalue weighted by molar-refractivity contribution is 0.373. The predicted molar refractivity (Wildman–Crippen MR) is 71.2 cm³/mol. The molecule has 0 aliphatic carbocycles. The molecular formula is C13H14ClN3. The first-order valence-corrected chi connectivity index (χ1v) is 6.13. The first kappa shape index (κ1) is 10.8. The van der Waals surface area contributed by atoms with Gasteiger partial charge in [-0.1, -0.05) is 17.7 Å². The molecule has 2 aromatic rings. The highest BCUT2D eigenvalue weighted by molar-refractivity contribution is 6.35. The molecule has 17 heavy (non-hydrogen) atoms. The Bertz CT molecular complexity index is 585. The molecule has 0 aromatic carbocycles. The fourth-order valence-corrected chi connectivity index (χ4v) is 2.61. The summed E-state index contributed by atoms with van der Waals surface area (Å²) < 4.78 is 0. The number of aromatic amines is 1. The fourth-order valence-electron chi connectivity index (χ4n) is 2.36. The van der Waals surface area contributed by atoms with E-state index in [9.17, 15) is 0 Å². The maximum atomic E-state index is 6.26. The van der Waals surface area contributed by atoms with Crippen LogP contribution in [0.2, 0.25) is 5.02 Å². The number of aromatic nitrogens is 2. The van der Waals surface area contributed by atoms with Gasteiger partial charge in [0.25, 0.3) is 0 Å². The first-order valence-electron chi connectivity index (χ1n) is 5.75. The number of rotatable bonds is 1. The predicted octanol–water partition coefficient (Wildman–Crippen LogP) is 2.94. The van der Waals surface area contributed by atoms with Crippen LogP contribution in [0.4, 0.5) is 0 Å². The summed E-state index contributed by atoms with van der Waals surface area (Å²) in [5.41, 5.74) is 3.38. The van der Waals surface area contributed by atoms with Crippen molar-refractivity contribution in [2.75, 3.05) is 20.1 Å². The highest BCUT2D eigenvalue weighted by Gasteiger charge is 2.15. The van der Waals surface area contributed by atoms with Crippen LogP contribution in [0, 0.1) is 0 Å². The van der Waals surface area contributed by atoms with Crippen LogP contribution in [-0.2, 0) is 0 Å². The van der Waals surface area contributed by atoms with Crippen molar-refractivity contribution in [1.29, 1.82) is 0 Å². The topological polar surface area (TPSA) is 31.9 Å². The molecule has 2 aromatic heterocycles. The summed E-state index contributed by atoms with van der Waals surface area (Å²) in [6, 6.07) is 1.84. The third-order valence-electron chi connectivity index (χ3n) is 3.21. The summed E-state index contributed by atoms with van der Waals surface area (Å²) in [4.78, 5) is 9.80. The highest BCUT2D eigenvalue weighted by Crippen LogP contribution is 2.31. The Labute approximate surface area is 105 Å². The number of nitrogens with one attached hydrogen (secondary N) is 1. The molecule has 0 saturated heterocycles. The maximum absolute atomic E-state index is 6.26. The lowest BCUT2D eigenvalue weighted by atomic mass is 10.0. The minimum atomic E-state index is 0.764. The van der Waals surface area contributed by atoms with Crippen molar-refractivity contribution in [3.05, 3.63) is 35.1 Å². The zero-order valence-corrected chi connectivity index (χ0v) is 10.5. The van der Waals surface area contributed by atoms with Crippen LogP contribution in [0.15, 0.2) is 24.5 Å². The quantitative estimate of drug-likeness (QED) is 0.840. The molecule has 0 spiro atoms. The average molecular weight is 248 g/mol. The largest absolute Gasteiger partial charge is 0.345 e. The zero-order valence-electron chi connectivity index (χ0n) is 9.70. The van der Waals surface area contributed by atoms with Crippen molar-refractivity contribution in [3.63, 3.8) is 0 Å². The fraction of sp³-hybridized carbons (Fsp3) is 0.308. The Hall–Kier alpha value is -1.32. The van der Waals surface area contributed by atoms with Gasteiger partial charge < -0.3 is 9.88 Å². The van der Waals surface area contributed by atoms with Crippen molar-refractivity contribution in [2.24, 2.45) is 0 Å². The molecule has 0 radical (unpaired) electrons. The highest BCUT2D eigenvalue weighted by atomic mass is 35.5. The van der Waals surface area contributed by atoms with E-state index >= 15 is 0 Å². The van der Waals surface area contributed by atoms with Gasteiger partial charge in [-0.15, -0.1) is 0 Å². The molecule has 0 saturated carbocycles. The van der Waals surface area contributed by atoms with Crippen LogP contribution in [0.1, 0.15) is 12.0 Å². The molecule has 0 bridgehead atoms. The lowest BCUT2D eigenvalue weighted by Crippen LogP contribution is -2.24. The number of H-pyrrole nitrogens is 1. The number of halogens is 1. The number of fused-ring (bicyclic) bond motifs is 1. The molecular weight excluding hydrogens is 234 g/mol. The third kappa shape index (κ3) is 1.85. The Morgan fingerprint density at radius 3 is 3.18 bits per heavy atom.